The van der Waals surface area contributed by atoms with Crippen molar-refractivity contribution in [2.45, 2.75) is 198 Å². The summed E-state index contributed by atoms with van der Waals surface area (Å²) in [6.45, 7) is 6.92. The lowest BCUT2D eigenvalue weighted by molar-refractivity contribution is -0.142. The second kappa shape index (κ2) is 48.4. The van der Waals surface area contributed by atoms with Crippen molar-refractivity contribution in [2.75, 3.05) is 19.6 Å². The number of H-pyrrole nitrogens is 4. The molecule has 4 aromatic rings. The van der Waals surface area contributed by atoms with Gasteiger partial charge in [-0.2, -0.15) is 0 Å². The van der Waals surface area contributed by atoms with Crippen molar-refractivity contribution in [2.24, 2.45) is 29.2 Å². The van der Waals surface area contributed by atoms with Gasteiger partial charge in [-0.05, 0) is 43.4 Å². The molecule has 0 saturated heterocycles. The molecule has 12 atom stereocenters. The minimum Gasteiger partial charge on any atom is -0.481 e. The van der Waals surface area contributed by atoms with Gasteiger partial charge in [0.15, 0.2) is 0 Å². The Bertz CT molecular complexity index is 4140. The second-order valence-electron chi connectivity index (χ2n) is 28.2. The van der Waals surface area contributed by atoms with E-state index in [1.54, 1.807) is 27.7 Å². The molecule has 0 aromatic carbocycles. The predicted octanol–water partition coefficient (Wildman–Crippen LogP) is -8.75. The molecule has 118 heavy (non-hydrogen) atoms. The SMILES string of the molecule is CC(C)C[C@H](NC(=O)[C@H](CC(=O)O)NC(=O)[C@@H](N)CC(=O)O)C(=O)N[C@@H](CCC(=O)O)C(=O)N[C@@H](Cc1c[nH]cn1)C(=O)N[C@@H](CCC(N)=O)C(=O)NCC(=O)NCC(=O)N[C@@H](Cc1c[nH]cn1)C(=O)N[C@H](C(=O)N[C@@H](CC(C)C)C(=O)N[C@@H](CC(=O)O)C(=O)N[C@@H](Cc1c[nH]cn1)C(=O)NCC(=O)N[C@@H](Cc1c[nH]cn1)C(=O)O)C(C)C. The van der Waals surface area contributed by atoms with Gasteiger partial charge in [-0.25, -0.2) is 24.7 Å². The Morgan fingerprint density at radius 3 is 1.05 bits per heavy atom. The molecule has 27 N–H and O–H groups in total. The van der Waals surface area contributed by atoms with E-state index in [9.17, 15) is 116 Å². The van der Waals surface area contributed by atoms with E-state index in [0.29, 0.717) is 5.69 Å². The lowest BCUT2D eigenvalue weighted by Gasteiger charge is -2.28. The minimum absolute atomic E-state index is 0.104. The first-order valence-electron chi connectivity index (χ1n) is 36.8. The maximum atomic E-state index is 14.3. The Kier molecular flexibility index (Phi) is 39.6. The van der Waals surface area contributed by atoms with Gasteiger partial charge in [0.2, 0.25) is 88.6 Å². The Balaban J connectivity index is 1.47. The lowest BCUT2D eigenvalue weighted by atomic mass is 9.99. The number of carbonyl (C=O) groups excluding carboxylic acids is 15. The molecule has 15 amide bonds. The summed E-state index contributed by atoms with van der Waals surface area (Å²) >= 11 is 0. The highest BCUT2D eigenvalue weighted by Crippen LogP contribution is 2.14. The van der Waals surface area contributed by atoms with Gasteiger partial charge in [-0.1, -0.05) is 41.5 Å². The van der Waals surface area contributed by atoms with Crippen LogP contribution in [0.5, 0.6) is 0 Å². The number of aromatic nitrogens is 8. The molecule has 0 unspecified atom stereocenters. The third kappa shape index (κ3) is 35.7. The summed E-state index contributed by atoms with van der Waals surface area (Å²) in [4.78, 5) is 291. The zero-order valence-corrected chi connectivity index (χ0v) is 64.9. The summed E-state index contributed by atoms with van der Waals surface area (Å²) in [6, 6.07) is -20.3. The number of carboxylic acids is 5. The number of primary amides is 1. The minimum atomic E-state index is -1.94. The van der Waals surface area contributed by atoms with Crippen LogP contribution in [0.2, 0.25) is 0 Å². The molecule has 0 spiro atoms. The highest BCUT2D eigenvalue weighted by Gasteiger charge is 2.39. The zero-order chi connectivity index (χ0) is 88.0. The summed E-state index contributed by atoms with van der Waals surface area (Å²) in [6.07, 6.45) is 3.00. The molecule has 49 heteroatoms. The number of carbonyl (C=O) groups is 20. The van der Waals surface area contributed by atoms with Gasteiger partial charge in [0.25, 0.3) is 0 Å². The van der Waals surface area contributed by atoms with Crippen LogP contribution in [0.3, 0.4) is 0 Å². The first kappa shape index (κ1) is 96.6. The fourth-order valence-electron chi connectivity index (χ4n) is 11.1. The maximum Gasteiger partial charge on any atom is 0.326 e. The summed E-state index contributed by atoms with van der Waals surface area (Å²) in [5.74, 6) is -25.8. The van der Waals surface area contributed by atoms with E-state index in [-0.39, 0.29) is 49.2 Å². The van der Waals surface area contributed by atoms with Crippen molar-refractivity contribution >= 4 is 118 Å². The number of imidazole rings is 4. The van der Waals surface area contributed by atoms with Gasteiger partial charge in [0.1, 0.15) is 66.5 Å². The fraction of sp³-hybridized carbons (Fsp3) is 0.536. The number of carboxylic acid groups (broad SMARTS) is 5. The number of rotatable bonds is 54. The summed E-state index contributed by atoms with van der Waals surface area (Å²) in [7, 11) is 0. The Morgan fingerprint density at radius 2 is 0.653 bits per heavy atom. The summed E-state index contributed by atoms with van der Waals surface area (Å²) in [5.41, 5.74) is 11.8. The second-order valence-corrected chi connectivity index (χ2v) is 28.2. The Morgan fingerprint density at radius 1 is 0.339 bits per heavy atom. The molecule has 0 bridgehead atoms. The van der Waals surface area contributed by atoms with Crippen molar-refractivity contribution in [3.05, 3.63) is 72.9 Å². The van der Waals surface area contributed by atoms with Crippen molar-refractivity contribution in [1.82, 2.24) is 114 Å². The molecule has 0 fully saturated rings. The van der Waals surface area contributed by atoms with Crippen molar-refractivity contribution in [1.29, 1.82) is 0 Å². The van der Waals surface area contributed by atoms with Crippen molar-refractivity contribution < 1.29 is 121 Å². The van der Waals surface area contributed by atoms with E-state index in [0.717, 1.165) is 0 Å². The molecular weight excluding hydrogens is 1560 g/mol. The summed E-state index contributed by atoms with van der Waals surface area (Å²) in [5, 5.41) is 80.5. The van der Waals surface area contributed by atoms with Crippen LogP contribution in [0.15, 0.2) is 50.1 Å². The lowest BCUT2D eigenvalue weighted by Crippen LogP contribution is -2.61. The average molecular weight is 1670 g/mol. The van der Waals surface area contributed by atoms with Crippen LogP contribution in [0.4, 0.5) is 0 Å². The van der Waals surface area contributed by atoms with E-state index in [1.165, 1.54) is 63.9 Å². The van der Waals surface area contributed by atoms with Gasteiger partial charge in [0, 0.05) is 63.3 Å². The normalized spacial score (nSPS) is 14.1. The number of hydrogen-bond donors (Lipinski definition) is 25. The van der Waals surface area contributed by atoms with E-state index in [4.69, 9.17) is 16.6 Å². The third-order valence-corrected chi connectivity index (χ3v) is 17.0. The zero-order valence-electron chi connectivity index (χ0n) is 64.9. The highest BCUT2D eigenvalue weighted by atomic mass is 16.4. The molecule has 49 nitrogen and oxygen atoms in total. The molecule has 4 rings (SSSR count). The third-order valence-electron chi connectivity index (χ3n) is 17.0. The number of hydrogen-bond acceptors (Lipinski definition) is 25. The van der Waals surface area contributed by atoms with Crippen molar-refractivity contribution in [3.63, 3.8) is 0 Å². The molecule has 0 radical (unpaired) electrons. The first-order chi connectivity index (χ1) is 55.6. The van der Waals surface area contributed by atoms with Gasteiger partial charge < -0.3 is 131 Å². The quantitative estimate of drug-likeness (QED) is 0.0195. The number of aliphatic carboxylic acids is 5. The average Bonchev–Trinajstić information content (AvgIpc) is 1.23. The van der Waals surface area contributed by atoms with E-state index in [2.05, 4.69) is 109 Å². The van der Waals surface area contributed by atoms with E-state index < -0.39 is 280 Å². The van der Waals surface area contributed by atoms with E-state index in [1.807, 2.05) is 5.32 Å². The van der Waals surface area contributed by atoms with Crippen LogP contribution in [0.1, 0.15) is 122 Å². The standard InChI is InChI=1S/C69H100N24O25/c1-31(2)11-41(88-65(113)46(18-55(102)103)87-58(106)38(70)17-54(100)101)62(110)86-40(8-10-53(98)99)61(109)90-45(15-36-22-74-29-81-36)64(112)85-39(7-9-49(71)94)59(107)77-24-50(95)76-25-51(96)83-44(14-35-21-73-28-80-35)67(115)93-57(33(5)6)68(116)92-42(12-32(3)4)63(111)91-47(19-56(104)105)66(114)89-43(13-34-20-72-27-79-34)60(108)78-26-52(97)84-48(69(117)118)16-37-23-75-30-82-37/h20-23,27-33,38-48,57H,7-19,24-26,70H2,1-6H3,(H2,71,94)(H,72,79)(H,73,80)(H,74,81)(H,75,82)(H,76,95)(H,77,107)(H,78,108)(H,83,96)(H,84,97)(H,85,112)(H,86,110)(H,87,106)(H,88,113)(H,89,114)(H,90,109)(H,91,111)(H,92,116)(H,93,115)(H,98,99)(H,100,101)(H,102,103)(H,104,105)(H,117,118)/t38-,39-,40-,41-,42-,43-,44-,45-,46-,47-,48-,57-/m0/s1. The van der Waals surface area contributed by atoms with Gasteiger partial charge in [-0.3, -0.25) is 91.1 Å². The topological polar surface area (TPSA) is 778 Å². The predicted molar refractivity (Wildman–Crippen MR) is 401 cm³/mol. The van der Waals surface area contributed by atoms with Crippen LogP contribution < -0.4 is 85.9 Å². The van der Waals surface area contributed by atoms with Gasteiger partial charge >= 0.3 is 29.8 Å². The first-order valence-corrected chi connectivity index (χ1v) is 36.8. The van der Waals surface area contributed by atoms with Crippen LogP contribution in [-0.2, 0) is 122 Å². The Labute approximate surface area is 671 Å². The Hall–Kier alpha value is -13.8. The number of nitrogens with two attached hydrogens (primary N) is 2. The molecule has 0 aliphatic carbocycles. The molecular formula is C69H100N24O25. The molecule has 4 heterocycles. The largest absolute Gasteiger partial charge is 0.481 e. The number of nitrogens with one attached hydrogen (secondary N) is 18. The fourth-order valence-corrected chi connectivity index (χ4v) is 11.1. The number of nitrogens with zero attached hydrogens (tertiary/aromatic N) is 4. The van der Waals surface area contributed by atoms with Crippen LogP contribution >= 0.6 is 0 Å². The molecule has 0 saturated carbocycles. The van der Waals surface area contributed by atoms with Crippen molar-refractivity contribution in [3.8, 4) is 0 Å². The maximum absolute atomic E-state index is 14.3. The highest BCUT2D eigenvalue weighted by molar-refractivity contribution is 6.01. The smallest absolute Gasteiger partial charge is 0.326 e. The number of aromatic amines is 4. The number of amides is 15. The van der Waals surface area contributed by atoms with E-state index >= 15 is 0 Å². The monoisotopic (exact) mass is 1660 g/mol. The van der Waals surface area contributed by atoms with Crippen LogP contribution in [0.25, 0.3) is 0 Å². The van der Waals surface area contributed by atoms with Crippen LogP contribution in [0, 0.1) is 17.8 Å². The van der Waals surface area contributed by atoms with Crippen LogP contribution in [-0.4, -0.2) is 276 Å². The molecule has 4 aromatic heterocycles. The molecule has 0 aliphatic heterocycles. The molecule has 0 aliphatic rings. The molecule has 646 valence electrons. The van der Waals surface area contributed by atoms with Gasteiger partial charge in [0.05, 0.1) is 93.0 Å². The summed E-state index contributed by atoms with van der Waals surface area (Å²) < 4.78 is 0. The van der Waals surface area contributed by atoms with Gasteiger partial charge in [-0.15, -0.1) is 0 Å².